The molecule has 1 radical (unpaired) electrons. The first-order valence-electron chi connectivity index (χ1n) is 10.6. The van der Waals surface area contributed by atoms with E-state index in [0.717, 1.165) is 45.2 Å². The van der Waals surface area contributed by atoms with Crippen molar-refractivity contribution < 1.29 is 4.79 Å². The highest BCUT2D eigenvalue weighted by molar-refractivity contribution is 6.77. The van der Waals surface area contributed by atoms with Crippen LogP contribution in [0.1, 0.15) is 41.7 Å². The van der Waals surface area contributed by atoms with Crippen molar-refractivity contribution in [2.24, 2.45) is 0 Å². The van der Waals surface area contributed by atoms with Gasteiger partial charge in [-0.2, -0.15) is 0 Å². The molecule has 1 heterocycles. The van der Waals surface area contributed by atoms with Gasteiger partial charge in [-0.05, 0) is 86.5 Å². The van der Waals surface area contributed by atoms with E-state index in [0.29, 0.717) is 11.9 Å². The fourth-order valence-electron chi connectivity index (χ4n) is 3.82. The van der Waals surface area contributed by atoms with Crippen molar-refractivity contribution in [3.63, 3.8) is 0 Å². The number of aryl methyl sites for hydroxylation is 2. The number of aromatic nitrogens is 1. The second kappa shape index (κ2) is 9.74. The van der Waals surface area contributed by atoms with Gasteiger partial charge in [-0.1, -0.05) is 60.2 Å². The van der Waals surface area contributed by atoms with Gasteiger partial charge >= 0.3 is 0 Å². The summed E-state index contributed by atoms with van der Waals surface area (Å²) < 4.78 is 0. The van der Waals surface area contributed by atoms with Crippen molar-refractivity contribution in [3.8, 4) is 0 Å². The smallest absolute Gasteiger partial charge is 0.213 e. The maximum Gasteiger partial charge on any atom is 0.213 e. The molecule has 3 rings (SSSR count). The Balaban J connectivity index is 1.61. The van der Waals surface area contributed by atoms with Gasteiger partial charge in [0.15, 0.2) is 0 Å². The summed E-state index contributed by atoms with van der Waals surface area (Å²) in [5, 5.41) is 1.14. The minimum Gasteiger partial charge on any atom is -0.307 e. The van der Waals surface area contributed by atoms with Crippen LogP contribution in [-0.2, 0) is 17.5 Å². The Morgan fingerprint density at radius 1 is 1.03 bits per heavy atom. The molecule has 0 saturated carbocycles. The molecule has 0 atom stereocenters. The minimum atomic E-state index is -0.0284. The van der Waals surface area contributed by atoms with Crippen molar-refractivity contribution in [1.82, 2.24) is 4.98 Å². The molecule has 2 nitrogen and oxygen atoms in total. The second-order valence-electron chi connectivity index (χ2n) is 8.43. The van der Waals surface area contributed by atoms with Crippen LogP contribution in [0.2, 0.25) is 0 Å². The third kappa shape index (κ3) is 5.91. The summed E-state index contributed by atoms with van der Waals surface area (Å²) in [7, 11) is 1.71. The van der Waals surface area contributed by atoms with E-state index in [2.05, 4.69) is 61.5 Å². The number of pyridine rings is 1. The highest BCUT2D eigenvalue weighted by Gasteiger charge is 2.09. The summed E-state index contributed by atoms with van der Waals surface area (Å²) in [6.07, 6.45) is 5.15. The van der Waals surface area contributed by atoms with E-state index in [9.17, 15) is 4.79 Å². The normalized spacial score (nSPS) is 11.4. The van der Waals surface area contributed by atoms with Gasteiger partial charge in [0.25, 0.3) is 0 Å². The van der Waals surface area contributed by atoms with Gasteiger partial charge in [0.2, 0.25) is 7.28 Å². The number of fused-ring (bicyclic) bond motifs is 1. The molecular weight excluding hydrogens is 377 g/mol. The van der Waals surface area contributed by atoms with E-state index < -0.39 is 0 Å². The summed E-state index contributed by atoms with van der Waals surface area (Å²) in [6, 6.07) is 14.7. The quantitative estimate of drug-likeness (QED) is 0.248. The van der Waals surface area contributed by atoms with Crippen LogP contribution in [0.4, 0.5) is 0 Å². The van der Waals surface area contributed by atoms with Crippen LogP contribution in [-0.4, -0.2) is 17.9 Å². The summed E-state index contributed by atoms with van der Waals surface area (Å²) in [5.74, 6) is 0. The topological polar surface area (TPSA) is 30.0 Å². The molecule has 0 aliphatic heterocycles. The first kappa shape index (κ1) is 22.5. The Kier molecular flexibility index (Phi) is 7.07. The maximum atomic E-state index is 12.6. The number of allylic oxidation sites excluding steroid dienone is 4. The molecule has 0 aliphatic rings. The lowest BCUT2D eigenvalue weighted by Crippen LogP contribution is -2.13. The van der Waals surface area contributed by atoms with Gasteiger partial charge in [0.05, 0.1) is 5.52 Å². The molecule has 0 bridgehead atoms. The van der Waals surface area contributed by atoms with Crippen LogP contribution in [0, 0.1) is 13.8 Å². The van der Waals surface area contributed by atoms with Gasteiger partial charge in [-0.25, -0.2) is 0 Å². The fraction of sp³-hybridized carbons (Fsp3) is 0.214. The number of hydrogen-bond donors (Lipinski definition) is 0. The molecule has 1 aromatic heterocycles. The van der Waals surface area contributed by atoms with Crippen LogP contribution >= 0.6 is 0 Å². The Morgan fingerprint density at radius 2 is 1.77 bits per heavy atom. The van der Waals surface area contributed by atoms with Gasteiger partial charge < -0.3 is 4.79 Å². The SMILES string of the molecule is C=C(/C=C(\C)Cc1ccc2ncc(C)cc2c1)C(=O)[B]Cc1ccc(C(=C)C)c(C)c1. The number of carbonyl (C=O) groups is 1. The molecular formula is C28H29BNO. The molecule has 0 spiro atoms. The average molecular weight is 406 g/mol. The monoisotopic (exact) mass is 406 g/mol. The standard InChI is InChI=1S/C28H29BNO/c1-18(2)26-9-7-24(14-21(26)5)16-29-28(31)22(6)11-19(3)12-23-8-10-27-25(15-23)13-20(4)17-30-27/h7-11,13-15,17H,1,6,12,16H2,2-5H3/b19-11+. The molecule has 31 heavy (non-hydrogen) atoms. The summed E-state index contributed by atoms with van der Waals surface area (Å²) in [5.41, 5.74) is 9.46. The van der Waals surface area contributed by atoms with E-state index >= 15 is 0 Å². The van der Waals surface area contributed by atoms with E-state index in [1.807, 2.05) is 39.1 Å². The lowest BCUT2D eigenvalue weighted by molar-refractivity contribution is -0.108. The average Bonchev–Trinajstić information content (AvgIpc) is 2.71. The van der Waals surface area contributed by atoms with Gasteiger partial charge in [-0.15, -0.1) is 0 Å². The Bertz CT molecular complexity index is 1200. The molecule has 155 valence electrons. The summed E-state index contributed by atoms with van der Waals surface area (Å²) in [6.45, 7) is 16.2. The fourth-order valence-corrected chi connectivity index (χ4v) is 3.82. The molecule has 0 fully saturated rings. The van der Waals surface area contributed by atoms with Crippen molar-refractivity contribution in [2.45, 2.75) is 40.4 Å². The molecule has 3 heteroatoms. The number of carbonyl (C=O) groups excluding carboxylic acids is 1. The number of rotatable bonds is 8. The largest absolute Gasteiger partial charge is 0.307 e. The molecule has 2 aromatic carbocycles. The predicted octanol–water partition coefficient (Wildman–Crippen LogP) is 6.36. The van der Waals surface area contributed by atoms with Crippen molar-refractivity contribution in [2.75, 3.05) is 0 Å². The molecule has 3 aromatic rings. The Labute approximate surface area is 186 Å². The van der Waals surface area contributed by atoms with Crippen molar-refractivity contribution in [3.05, 3.63) is 107 Å². The summed E-state index contributed by atoms with van der Waals surface area (Å²) >= 11 is 0. The van der Waals surface area contributed by atoms with Crippen LogP contribution in [0.5, 0.6) is 0 Å². The molecule has 0 saturated heterocycles. The van der Waals surface area contributed by atoms with E-state index in [1.165, 1.54) is 11.1 Å². The van der Waals surface area contributed by atoms with E-state index in [4.69, 9.17) is 0 Å². The zero-order chi connectivity index (χ0) is 22.5. The number of hydrogen-bond acceptors (Lipinski definition) is 2. The van der Waals surface area contributed by atoms with Crippen LogP contribution < -0.4 is 0 Å². The molecule has 0 N–H and O–H groups in total. The highest BCUT2D eigenvalue weighted by Crippen LogP contribution is 2.20. The molecule has 0 aliphatic carbocycles. The van der Waals surface area contributed by atoms with E-state index in [1.54, 1.807) is 7.28 Å². The van der Waals surface area contributed by atoms with Crippen molar-refractivity contribution in [1.29, 1.82) is 0 Å². The second-order valence-corrected chi connectivity index (χ2v) is 8.43. The molecule has 0 unspecified atom stereocenters. The van der Waals surface area contributed by atoms with Gasteiger partial charge in [0.1, 0.15) is 5.68 Å². The van der Waals surface area contributed by atoms with Crippen LogP contribution in [0.25, 0.3) is 16.5 Å². The third-order valence-electron chi connectivity index (χ3n) is 5.38. The Hall–Kier alpha value is -3.20. The van der Waals surface area contributed by atoms with Crippen LogP contribution in [0.15, 0.2) is 79.0 Å². The first-order valence-corrected chi connectivity index (χ1v) is 10.6. The third-order valence-corrected chi connectivity index (χ3v) is 5.38. The summed E-state index contributed by atoms with van der Waals surface area (Å²) in [4.78, 5) is 17.0. The predicted molar refractivity (Wildman–Crippen MR) is 133 cm³/mol. The highest BCUT2D eigenvalue weighted by atomic mass is 16.1. The lowest BCUT2D eigenvalue weighted by Gasteiger charge is -2.08. The maximum absolute atomic E-state index is 12.6. The Morgan fingerprint density at radius 3 is 2.48 bits per heavy atom. The van der Waals surface area contributed by atoms with E-state index in [-0.39, 0.29) is 5.68 Å². The van der Waals surface area contributed by atoms with Gasteiger partial charge in [0, 0.05) is 11.6 Å². The van der Waals surface area contributed by atoms with Crippen molar-refractivity contribution >= 4 is 29.4 Å². The lowest BCUT2D eigenvalue weighted by atomic mass is 9.65. The number of benzene rings is 2. The van der Waals surface area contributed by atoms with Gasteiger partial charge in [-0.3, -0.25) is 4.98 Å². The zero-order valence-corrected chi connectivity index (χ0v) is 19.0. The van der Waals surface area contributed by atoms with Crippen LogP contribution in [0.3, 0.4) is 0 Å². The number of nitrogens with zero attached hydrogens (tertiary/aromatic N) is 1. The zero-order valence-electron chi connectivity index (χ0n) is 19.0. The molecule has 0 amide bonds. The minimum absolute atomic E-state index is 0.0284. The first-order chi connectivity index (χ1) is 14.7.